The normalized spacial score (nSPS) is 7.64. The Labute approximate surface area is 81.3 Å². The van der Waals surface area contributed by atoms with E-state index in [1.165, 1.54) is 18.2 Å². The third-order valence-corrected chi connectivity index (χ3v) is 1.23. The van der Waals surface area contributed by atoms with Crippen molar-refractivity contribution < 1.29 is 15.0 Å². The summed E-state index contributed by atoms with van der Waals surface area (Å²) >= 11 is 0. The van der Waals surface area contributed by atoms with Crippen LogP contribution in [-0.2, 0) is 0 Å². The summed E-state index contributed by atoms with van der Waals surface area (Å²) in [5.74, 6) is -1.31. The van der Waals surface area contributed by atoms with Crippen LogP contribution < -0.4 is 0 Å². The lowest BCUT2D eigenvalue weighted by atomic mass is 10.2. The molecule has 0 bridgehead atoms. The molecule has 0 aliphatic rings. The second kappa shape index (κ2) is 6.26. The molecule has 1 rings (SSSR count). The van der Waals surface area contributed by atoms with Gasteiger partial charge in [0.2, 0.25) is 0 Å². The molecular weight excluding hydrogens is 182 g/mol. The quantitative estimate of drug-likeness (QED) is 0.663. The molecule has 0 aliphatic heterocycles. The van der Waals surface area contributed by atoms with E-state index in [1.807, 2.05) is 0 Å². The number of aromatic carboxylic acids is 1. The first-order valence-electron chi connectivity index (χ1n) is 3.65. The zero-order chi connectivity index (χ0) is 11.0. The molecule has 4 nitrogen and oxygen atoms in total. The first-order chi connectivity index (χ1) is 6.63. The summed E-state index contributed by atoms with van der Waals surface area (Å²) in [5, 5.41) is 24.8. The van der Waals surface area contributed by atoms with Gasteiger partial charge >= 0.3 is 5.97 Å². The highest BCUT2D eigenvalue weighted by Crippen LogP contribution is 2.14. The van der Waals surface area contributed by atoms with Crippen LogP contribution in [0.1, 0.15) is 10.4 Å². The zero-order valence-corrected chi connectivity index (χ0v) is 7.34. The number of benzene rings is 1. The third kappa shape index (κ3) is 3.93. The first kappa shape index (κ1) is 11.7. The van der Waals surface area contributed by atoms with E-state index in [9.17, 15) is 4.79 Å². The second-order valence-electron chi connectivity index (χ2n) is 2.16. The molecule has 0 unspecified atom stereocenters. The van der Waals surface area contributed by atoms with Gasteiger partial charge < -0.3 is 10.2 Å². The van der Waals surface area contributed by atoms with Gasteiger partial charge in [-0.3, -0.25) is 0 Å². The molecule has 0 radical (unpaired) electrons. The van der Waals surface area contributed by atoms with E-state index in [2.05, 4.69) is 6.58 Å². The number of rotatable bonds is 1. The summed E-state index contributed by atoms with van der Waals surface area (Å²) in [4.78, 5) is 10.3. The largest absolute Gasteiger partial charge is 0.507 e. The van der Waals surface area contributed by atoms with Crippen LogP contribution >= 0.6 is 0 Å². The molecule has 2 N–H and O–H groups in total. The van der Waals surface area contributed by atoms with Gasteiger partial charge in [0.05, 0.1) is 6.07 Å². The van der Waals surface area contributed by atoms with Crippen molar-refractivity contribution in [2.75, 3.05) is 0 Å². The lowest BCUT2D eigenvalue weighted by Gasteiger charge is -1.95. The fraction of sp³-hybridized carbons (Fsp3) is 0. The van der Waals surface area contributed by atoms with E-state index in [0.717, 1.165) is 0 Å². The van der Waals surface area contributed by atoms with Gasteiger partial charge in [-0.1, -0.05) is 18.7 Å². The molecule has 0 aromatic heterocycles. The number of aromatic hydroxyl groups is 1. The number of para-hydroxylation sites is 1. The van der Waals surface area contributed by atoms with Gasteiger partial charge in [0, 0.05) is 6.08 Å². The summed E-state index contributed by atoms with van der Waals surface area (Å²) in [6.07, 6.45) is 1.18. The molecule has 72 valence electrons. The Morgan fingerprint density at radius 2 is 2.00 bits per heavy atom. The molecule has 0 saturated heterocycles. The van der Waals surface area contributed by atoms with Crippen LogP contribution in [0.4, 0.5) is 0 Å². The highest BCUT2D eigenvalue weighted by Gasteiger charge is 2.05. The number of carboxylic acids is 1. The second-order valence-corrected chi connectivity index (χ2v) is 2.16. The molecule has 0 atom stereocenters. The SMILES string of the molecule is C=CC#N.O=C(O)c1ccccc1O. The molecule has 4 heteroatoms. The number of hydrogen-bond acceptors (Lipinski definition) is 3. The number of nitriles is 1. The Morgan fingerprint density at radius 3 is 2.29 bits per heavy atom. The Hall–Kier alpha value is -2.28. The van der Waals surface area contributed by atoms with Crippen LogP contribution in [0.5, 0.6) is 5.75 Å². The van der Waals surface area contributed by atoms with Crippen molar-refractivity contribution in [2.24, 2.45) is 0 Å². The standard InChI is InChI=1S/C7H6O3.C3H3N/c8-6-4-2-1-3-5(6)7(9)10;1-2-3-4/h1-4,8H,(H,9,10);2H,1H2. The van der Waals surface area contributed by atoms with Gasteiger partial charge in [0.25, 0.3) is 0 Å². The minimum absolute atomic E-state index is 0.0671. The van der Waals surface area contributed by atoms with Crippen LogP contribution in [0.15, 0.2) is 36.9 Å². The maximum atomic E-state index is 10.3. The summed E-state index contributed by atoms with van der Waals surface area (Å²) in [5.41, 5.74) is -0.0671. The molecular formula is C10H9NO3. The van der Waals surface area contributed by atoms with Gasteiger partial charge in [-0.05, 0) is 12.1 Å². The van der Waals surface area contributed by atoms with E-state index in [4.69, 9.17) is 15.5 Å². The maximum Gasteiger partial charge on any atom is 0.339 e. The summed E-state index contributed by atoms with van der Waals surface area (Å²) < 4.78 is 0. The molecule has 0 saturated carbocycles. The number of nitrogens with zero attached hydrogens (tertiary/aromatic N) is 1. The van der Waals surface area contributed by atoms with Crippen molar-refractivity contribution in [3.05, 3.63) is 42.5 Å². The third-order valence-electron chi connectivity index (χ3n) is 1.23. The van der Waals surface area contributed by atoms with Crippen LogP contribution in [0.25, 0.3) is 0 Å². The maximum absolute atomic E-state index is 10.3. The van der Waals surface area contributed by atoms with E-state index >= 15 is 0 Å². The monoisotopic (exact) mass is 191 g/mol. The van der Waals surface area contributed by atoms with Crippen molar-refractivity contribution in [1.29, 1.82) is 5.26 Å². The van der Waals surface area contributed by atoms with Crippen molar-refractivity contribution in [3.63, 3.8) is 0 Å². The zero-order valence-electron chi connectivity index (χ0n) is 7.34. The number of hydrogen-bond donors (Lipinski definition) is 2. The van der Waals surface area contributed by atoms with Gasteiger partial charge in [0.15, 0.2) is 0 Å². The first-order valence-corrected chi connectivity index (χ1v) is 3.65. The Bertz CT molecular complexity index is 366. The Kier molecular flexibility index (Phi) is 5.24. The average Bonchev–Trinajstić information content (AvgIpc) is 2.18. The predicted octanol–water partition coefficient (Wildman–Crippen LogP) is 1.79. The van der Waals surface area contributed by atoms with E-state index < -0.39 is 5.97 Å². The summed E-state index contributed by atoms with van der Waals surface area (Å²) in [6.45, 7) is 3.12. The van der Waals surface area contributed by atoms with Gasteiger partial charge in [-0.25, -0.2) is 4.79 Å². The molecule has 0 aliphatic carbocycles. The fourth-order valence-corrected chi connectivity index (χ4v) is 0.654. The fourth-order valence-electron chi connectivity index (χ4n) is 0.654. The van der Waals surface area contributed by atoms with E-state index in [0.29, 0.717) is 0 Å². The minimum atomic E-state index is -1.11. The van der Waals surface area contributed by atoms with Crippen LogP contribution in [0.2, 0.25) is 0 Å². The molecule has 1 aromatic carbocycles. The Morgan fingerprint density at radius 1 is 1.50 bits per heavy atom. The van der Waals surface area contributed by atoms with Crippen LogP contribution in [0.3, 0.4) is 0 Å². The number of carbonyl (C=O) groups is 1. The highest BCUT2D eigenvalue weighted by atomic mass is 16.4. The summed E-state index contributed by atoms with van der Waals surface area (Å²) in [7, 11) is 0. The van der Waals surface area contributed by atoms with Crippen molar-refractivity contribution >= 4 is 5.97 Å². The molecule has 0 heterocycles. The Balaban J connectivity index is 0.000000364. The van der Waals surface area contributed by atoms with Crippen molar-refractivity contribution in [2.45, 2.75) is 0 Å². The smallest absolute Gasteiger partial charge is 0.339 e. The molecule has 0 amide bonds. The van der Waals surface area contributed by atoms with Gasteiger partial charge in [0.1, 0.15) is 11.3 Å². The average molecular weight is 191 g/mol. The molecule has 0 spiro atoms. The molecule has 14 heavy (non-hydrogen) atoms. The molecule has 1 aromatic rings. The minimum Gasteiger partial charge on any atom is -0.507 e. The number of carboxylic acid groups (broad SMARTS) is 1. The van der Waals surface area contributed by atoms with E-state index in [1.54, 1.807) is 18.2 Å². The highest BCUT2D eigenvalue weighted by molar-refractivity contribution is 5.90. The lowest BCUT2D eigenvalue weighted by Crippen LogP contribution is -1.95. The topological polar surface area (TPSA) is 81.3 Å². The van der Waals surface area contributed by atoms with Crippen LogP contribution in [0, 0.1) is 11.3 Å². The number of allylic oxidation sites excluding steroid dienone is 1. The summed E-state index contributed by atoms with van der Waals surface area (Å²) in [6, 6.07) is 7.51. The van der Waals surface area contributed by atoms with Crippen LogP contribution in [-0.4, -0.2) is 16.2 Å². The van der Waals surface area contributed by atoms with E-state index in [-0.39, 0.29) is 11.3 Å². The lowest BCUT2D eigenvalue weighted by molar-refractivity contribution is 0.0694. The molecule has 0 fully saturated rings. The predicted molar refractivity (Wildman–Crippen MR) is 50.9 cm³/mol. The number of phenols is 1. The van der Waals surface area contributed by atoms with Gasteiger partial charge in [-0.2, -0.15) is 5.26 Å². The van der Waals surface area contributed by atoms with Gasteiger partial charge in [-0.15, -0.1) is 0 Å². The van der Waals surface area contributed by atoms with Crippen molar-refractivity contribution in [3.8, 4) is 11.8 Å². The van der Waals surface area contributed by atoms with Crippen molar-refractivity contribution in [1.82, 2.24) is 0 Å².